The largest absolute Gasteiger partial charge is 0.508 e. The van der Waals surface area contributed by atoms with Gasteiger partial charge in [-0.1, -0.05) is 23.7 Å². The number of phenols is 1. The van der Waals surface area contributed by atoms with E-state index >= 15 is 0 Å². The van der Waals surface area contributed by atoms with Crippen LogP contribution in [0.15, 0.2) is 35.7 Å². The van der Waals surface area contributed by atoms with Gasteiger partial charge >= 0.3 is 0 Å². The van der Waals surface area contributed by atoms with E-state index in [1.165, 1.54) is 0 Å². The molecule has 0 unspecified atom stereocenters. The third-order valence-corrected chi connectivity index (χ3v) is 5.64. The SMILES string of the molecule is Oc1ccc(CN2CCC([C@@H](O)c3cccs3)CC2)c(Cl)c1. The lowest BCUT2D eigenvalue weighted by Gasteiger charge is -2.34. The number of benzene rings is 1. The highest BCUT2D eigenvalue weighted by atomic mass is 35.5. The molecule has 0 spiro atoms. The van der Waals surface area contributed by atoms with Gasteiger partial charge in [0.1, 0.15) is 5.75 Å². The van der Waals surface area contributed by atoms with E-state index in [1.807, 2.05) is 23.6 Å². The Hall–Kier alpha value is -1.07. The van der Waals surface area contributed by atoms with Gasteiger partial charge in [0, 0.05) is 16.4 Å². The summed E-state index contributed by atoms with van der Waals surface area (Å²) in [6, 6.07) is 9.14. The van der Waals surface area contributed by atoms with Crippen molar-refractivity contribution in [3.05, 3.63) is 51.2 Å². The molecule has 1 aromatic heterocycles. The molecule has 1 aliphatic heterocycles. The molecular weight excluding hydrogens is 318 g/mol. The maximum atomic E-state index is 10.4. The van der Waals surface area contributed by atoms with Crippen LogP contribution in [-0.2, 0) is 6.54 Å². The van der Waals surface area contributed by atoms with E-state index in [9.17, 15) is 10.2 Å². The first-order valence-electron chi connectivity index (χ1n) is 7.54. The van der Waals surface area contributed by atoms with E-state index in [2.05, 4.69) is 4.90 Å². The number of phenolic OH excluding ortho intramolecular Hbond substituents is 1. The molecule has 1 atom stereocenters. The van der Waals surface area contributed by atoms with E-state index in [0.29, 0.717) is 10.9 Å². The summed E-state index contributed by atoms with van der Waals surface area (Å²) >= 11 is 7.80. The first kappa shape index (κ1) is 15.8. The van der Waals surface area contributed by atoms with Crippen LogP contribution in [0.1, 0.15) is 29.4 Å². The highest BCUT2D eigenvalue weighted by Crippen LogP contribution is 2.33. The van der Waals surface area contributed by atoms with E-state index < -0.39 is 0 Å². The summed E-state index contributed by atoms with van der Waals surface area (Å²) in [5, 5.41) is 22.5. The Kier molecular flexibility index (Phi) is 5.03. The average molecular weight is 338 g/mol. The van der Waals surface area contributed by atoms with Gasteiger partial charge in [0.2, 0.25) is 0 Å². The lowest BCUT2D eigenvalue weighted by Crippen LogP contribution is -2.35. The summed E-state index contributed by atoms with van der Waals surface area (Å²) in [7, 11) is 0. The Labute approximate surface area is 139 Å². The maximum Gasteiger partial charge on any atom is 0.117 e. The molecular formula is C17H20ClNO2S. The van der Waals surface area contributed by atoms with Crippen molar-refractivity contribution in [1.82, 2.24) is 4.90 Å². The van der Waals surface area contributed by atoms with Gasteiger partial charge < -0.3 is 10.2 Å². The lowest BCUT2D eigenvalue weighted by molar-refractivity contribution is 0.0591. The van der Waals surface area contributed by atoms with Gasteiger partial charge in [-0.3, -0.25) is 4.90 Å². The fourth-order valence-corrected chi connectivity index (χ4v) is 4.06. The molecule has 0 aliphatic carbocycles. The molecule has 0 saturated carbocycles. The lowest BCUT2D eigenvalue weighted by atomic mass is 9.90. The van der Waals surface area contributed by atoms with E-state index in [0.717, 1.165) is 42.9 Å². The molecule has 1 fully saturated rings. The van der Waals surface area contributed by atoms with Crippen molar-refractivity contribution in [2.45, 2.75) is 25.5 Å². The average Bonchev–Trinajstić information content (AvgIpc) is 3.04. The predicted molar refractivity (Wildman–Crippen MR) is 90.4 cm³/mol. The predicted octanol–water partition coefficient (Wildman–Crippen LogP) is 4.05. The molecule has 1 aromatic carbocycles. The smallest absolute Gasteiger partial charge is 0.117 e. The first-order valence-corrected chi connectivity index (χ1v) is 8.80. The molecule has 2 heterocycles. The molecule has 22 heavy (non-hydrogen) atoms. The Balaban J connectivity index is 1.55. The Morgan fingerprint density at radius 1 is 1.27 bits per heavy atom. The monoisotopic (exact) mass is 337 g/mol. The number of halogens is 1. The number of aliphatic hydroxyl groups excluding tert-OH is 1. The highest BCUT2D eigenvalue weighted by molar-refractivity contribution is 7.10. The number of aliphatic hydroxyl groups is 1. The van der Waals surface area contributed by atoms with Gasteiger partial charge in [0.15, 0.2) is 0 Å². The standard InChI is InChI=1S/C17H20ClNO2S/c18-15-10-14(20)4-3-13(15)11-19-7-5-12(6-8-19)17(21)16-2-1-9-22-16/h1-4,9-10,12,17,20-21H,5-8,11H2/t17-/m1/s1. The Bertz CT molecular complexity index is 609. The molecule has 2 aromatic rings. The van der Waals surface area contributed by atoms with Crippen LogP contribution in [0.2, 0.25) is 5.02 Å². The van der Waals surface area contributed by atoms with Crippen LogP contribution in [0.25, 0.3) is 0 Å². The van der Waals surface area contributed by atoms with Gasteiger partial charge in [0.25, 0.3) is 0 Å². The Morgan fingerprint density at radius 3 is 2.68 bits per heavy atom. The molecule has 5 heteroatoms. The van der Waals surface area contributed by atoms with Gasteiger partial charge in [-0.05, 0) is 61.0 Å². The molecule has 3 nitrogen and oxygen atoms in total. The number of thiophene rings is 1. The number of nitrogens with zero attached hydrogens (tertiary/aromatic N) is 1. The van der Waals surface area contributed by atoms with Gasteiger partial charge in [-0.15, -0.1) is 11.3 Å². The summed E-state index contributed by atoms with van der Waals surface area (Å²) in [5.74, 6) is 0.539. The molecule has 1 saturated heterocycles. The van der Waals surface area contributed by atoms with Gasteiger partial charge in [-0.2, -0.15) is 0 Å². The number of aromatic hydroxyl groups is 1. The van der Waals surface area contributed by atoms with E-state index in [4.69, 9.17) is 11.6 Å². The van der Waals surface area contributed by atoms with Crippen LogP contribution in [0.4, 0.5) is 0 Å². The topological polar surface area (TPSA) is 43.7 Å². The van der Waals surface area contributed by atoms with E-state index in [1.54, 1.807) is 23.5 Å². The summed E-state index contributed by atoms with van der Waals surface area (Å²) in [6.45, 7) is 2.72. The molecule has 0 amide bonds. The summed E-state index contributed by atoms with van der Waals surface area (Å²) in [6.07, 6.45) is 1.66. The second-order valence-corrected chi connectivity index (χ2v) is 7.24. The Morgan fingerprint density at radius 2 is 2.05 bits per heavy atom. The van der Waals surface area contributed by atoms with Gasteiger partial charge in [-0.25, -0.2) is 0 Å². The number of hydrogen-bond acceptors (Lipinski definition) is 4. The second-order valence-electron chi connectivity index (χ2n) is 5.85. The van der Waals surface area contributed by atoms with Crippen LogP contribution < -0.4 is 0 Å². The van der Waals surface area contributed by atoms with Crippen molar-refractivity contribution in [2.75, 3.05) is 13.1 Å². The zero-order valence-electron chi connectivity index (χ0n) is 12.3. The second kappa shape index (κ2) is 7.01. The molecule has 0 bridgehead atoms. The zero-order valence-corrected chi connectivity index (χ0v) is 13.9. The normalized spacial score (nSPS) is 18.5. The zero-order chi connectivity index (χ0) is 15.5. The number of likely N-dealkylation sites (tertiary alicyclic amines) is 1. The molecule has 0 radical (unpaired) electrons. The van der Waals surface area contributed by atoms with Crippen LogP contribution in [0, 0.1) is 5.92 Å². The number of hydrogen-bond donors (Lipinski definition) is 2. The van der Waals surface area contributed by atoms with Crippen LogP contribution in [0.5, 0.6) is 5.75 Å². The summed E-state index contributed by atoms with van der Waals surface area (Å²) < 4.78 is 0. The molecule has 118 valence electrons. The minimum atomic E-state index is -0.334. The molecule has 2 N–H and O–H groups in total. The van der Waals surface area contributed by atoms with Crippen molar-refractivity contribution in [1.29, 1.82) is 0 Å². The van der Waals surface area contributed by atoms with Gasteiger partial charge in [0.05, 0.1) is 6.10 Å². The van der Waals surface area contributed by atoms with Crippen LogP contribution in [0.3, 0.4) is 0 Å². The minimum absolute atomic E-state index is 0.200. The van der Waals surface area contributed by atoms with Crippen molar-refractivity contribution in [2.24, 2.45) is 5.92 Å². The van der Waals surface area contributed by atoms with Crippen LogP contribution in [-0.4, -0.2) is 28.2 Å². The first-order chi connectivity index (χ1) is 10.6. The minimum Gasteiger partial charge on any atom is -0.508 e. The van der Waals surface area contributed by atoms with Crippen molar-refractivity contribution < 1.29 is 10.2 Å². The maximum absolute atomic E-state index is 10.4. The summed E-state index contributed by atoms with van der Waals surface area (Å²) in [4.78, 5) is 3.43. The number of piperidine rings is 1. The highest BCUT2D eigenvalue weighted by Gasteiger charge is 2.26. The molecule has 3 rings (SSSR count). The third-order valence-electron chi connectivity index (χ3n) is 4.34. The third kappa shape index (κ3) is 3.63. The van der Waals surface area contributed by atoms with Crippen molar-refractivity contribution in [3.8, 4) is 5.75 Å². The van der Waals surface area contributed by atoms with E-state index in [-0.39, 0.29) is 11.9 Å². The fourth-order valence-electron chi connectivity index (χ4n) is 3.02. The van der Waals surface area contributed by atoms with Crippen LogP contribution >= 0.6 is 22.9 Å². The summed E-state index contributed by atoms with van der Waals surface area (Å²) in [5.41, 5.74) is 1.04. The van der Waals surface area contributed by atoms with Crippen molar-refractivity contribution >= 4 is 22.9 Å². The molecule has 1 aliphatic rings. The number of rotatable bonds is 4. The fraction of sp³-hybridized carbons (Fsp3) is 0.412. The van der Waals surface area contributed by atoms with Crippen molar-refractivity contribution in [3.63, 3.8) is 0 Å². The quantitative estimate of drug-likeness (QED) is 0.884.